The van der Waals surface area contributed by atoms with Crippen LogP contribution in [-0.2, 0) is 4.79 Å². The Labute approximate surface area is 86.3 Å². The number of rotatable bonds is 3. The fraction of sp³-hybridized carbons (Fsp3) is 0.583. The van der Waals surface area contributed by atoms with Gasteiger partial charge in [-0.05, 0) is 5.92 Å². The first kappa shape index (κ1) is 11.0. The maximum absolute atomic E-state index is 11.9. The van der Waals surface area contributed by atoms with Crippen LogP contribution in [0.3, 0.4) is 0 Å². The molecule has 14 heavy (non-hydrogen) atoms. The minimum atomic E-state index is 0.186. The smallest absolute Gasteiger partial charge is 0.250 e. The van der Waals surface area contributed by atoms with Crippen LogP contribution < -0.4 is 0 Å². The lowest BCUT2D eigenvalue weighted by Gasteiger charge is -2.11. The van der Waals surface area contributed by atoms with Gasteiger partial charge in [-0.2, -0.15) is 0 Å². The van der Waals surface area contributed by atoms with Crippen LogP contribution >= 0.6 is 0 Å². The van der Waals surface area contributed by atoms with Crippen LogP contribution in [0, 0.1) is 11.8 Å². The third-order valence-corrected chi connectivity index (χ3v) is 2.42. The summed E-state index contributed by atoms with van der Waals surface area (Å²) in [5, 5.41) is 0. The van der Waals surface area contributed by atoms with Gasteiger partial charge in [0.05, 0.1) is 0 Å². The van der Waals surface area contributed by atoms with E-state index < -0.39 is 0 Å². The Kier molecular flexibility index (Phi) is 3.50. The minimum Gasteiger partial charge on any atom is -0.335 e. The molecular formula is C12H19NO. The first-order valence-electron chi connectivity index (χ1n) is 5.18. The molecule has 1 rings (SSSR count). The fourth-order valence-corrected chi connectivity index (χ4v) is 1.81. The van der Waals surface area contributed by atoms with Crippen molar-refractivity contribution in [2.24, 2.45) is 11.8 Å². The van der Waals surface area contributed by atoms with E-state index in [4.69, 9.17) is 0 Å². The SMILES string of the molecule is C=CCN1CC(C)/C(=C\C(C)C)C1=O. The summed E-state index contributed by atoms with van der Waals surface area (Å²) in [6, 6.07) is 0. The summed E-state index contributed by atoms with van der Waals surface area (Å²) in [7, 11) is 0. The average molecular weight is 193 g/mol. The average Bonchev–Trinajstić information content (AvgIpc) is 2.33. The van der Waals surface area contributed by atoms with Gasteiger partial charge >= 0.3 is 0 Å². The first-order valence-corrected chi connectivity index (χ1v) is 5.18. The Balaban J connectivity index is 2.80. The van der Waals surface area contributed by atoms with Gasteiger partial charge in [0.15, 0.2) is 0 Å². The topological polar surface area (TPSA) is 20.3 Å². The molecule has 0 radical (unpaired) electrons. The molecule has 0 aromatic carbocycles. The normalized spacial score (nSPS) is 25.1. The zero-order valence-electron chi connectivity index (χ0n) is 9.29. The number of hydrogen-bond donors (Lipinski definition) is 0. The van der Waals surface area contributed by atoms with Crippen LogP contribution in [0.25, 0.3) is 0 Å². The number of amides is 1. The van der Waals surface area contributed by atoms with Crippen LogP contribution in [0.15, 0.2) is 24.3 Å². The predicted molar refractivity (Wildman–Crippen MR) is 58.9 cm³/mol. The molecule has 0 bridgehead atoms. The molecule has 0 aliphatic carbocycles. The summed E-state index contributed by atoms with van der Waals surface area (Å²) in [6.07, 6.45) is 3.86. The van der Waals surface area contributed by atoms with E-state index in [-0.39, 0.29) is 5.91 Å². The number of carbonyl (C=O) groups excluding carboxylic acids is 1. The van der Waals surface area contributed by atoms with E-state index in [0.29, 0.717) is 18.4 Å². The molecule has 2 nitrogen and oxygen atoms in total. The molecule has 0 N–H and O–H groups in total. The van der Waals surface area contributed by atoms with Gasteiger partial charge in [-0.3, -0.25) is 4.79 Å². The summed E-state index contributed by atoms with van der Waals surface area (Å²) in [6.45, 7) is 11.5. The quantitative estimate of drug-likeness (QED) is 0.497. The zero-order chi connectivity index (χ0) is 10.7. The van der Waals surface area contributed by atoms with Crippen LogP contribution in [0.2, 0.25) is 0 Å². The fourth-order valence-electron chi connectivity index (χ4n) is 1.81. The Morgan fingerprint density at radius 1 is 1.64 bits per heavy atom. The summed E-state index contributed by atoms with van der Waals surface area (Å²) >= 11 is 0. The highest BCUT2D eigenvalue weighted by Crippen LogP contribution is 2.24. The van der Waals surface area contributed by atoms with E-state index in [1.807, 2.05) is 4.90 Å². The predicted octanol–water partition coefficient (Wildman–Crippen LogP) is 2.23. The molecular weight excluding hydrogens is 174 g/mol. The monoisotopic (exact) mass is 193 g/mol. The zero-order valence-corrected chi connectivity index (χ0v) is 9.29. The van der Waals surface area contributed by atoms with Crippen LogP contribution in [0.1, 0.15) is 20.8 Å². The molecule has 1 saturated heterocycles. The molecule has 1 unspecified atom stereocenters. The number of carbonyl (C=O) groups is 1. The van der Waals surface area contributed by atoms with Crippen LogP contribution in [0.4, 0.5) is 0 Å². The van der Waals surface area contributed by atoms with Crippen molar-refractivity contribution in [1.82, 2.24) is 4.90 Å². The molecule has 0 spiro atoms. The van der Waals surface area contributed by atoms with Crippen molar-refractivity contribution in [2.45, 2.75) is 20.8 Å². The Morgan fingerprint density at radius 3 is 2.79 bits per heavy atom. The lowest BCUT2D eigenvalue weighted by Crippen LogP contribution is -2.25. The Morgan fingerprint density at radius 2 is 2.29 bits per heavy atom. The molecule has 1 atom stereocenters. The summed E-state index contributed by atoms with van der Waals surface area (Å²) in [4.78, 5) is 13.7. The Hall–Kier alpha value is -1.05. The molecule has 78 valence electrons. The Bertz CT molecular complexity index is 265. The van der Waals surface area contributed by atoms with E-state index in [2.05, 4.69) is 33.4 Å². The number of nitrogens with zero attached hydrogens (tertiary/aromatic N) is 1. The van der Waals surface area contributed by atoms with Gasteiger partial charge in [-0.25, -0.2) is 0 Å². The van der Waals surface area contributed by atoms with E-state index in [9.17, 15) is 4.79 Å². The molecule has 0 aromatic rings. The van der Waals surface area contributed by atoms with Crippen molar-refractivity contribution >= 4 is 5.91 Å². The number of likely N-dealkylation sites (tertiary alicyclic amines) is 1. The van der Waals surface area contributed by atoms with E-state index in [1.165, 1.54) is 0 Å². The second-order valence-electron chi connectivity index (χ2n) is 4.27. The molecule has 0 aromatic heterocycles. The van der Waals surface area contributed by atoms with Crippen molar-refractivity contribution in [3.05, 3.63) is 24.3 Å². The van der Waals surface area contributed by atoms with Gasteiger partial charge < -0.3 is 4.90 Å². The second kappa shape index (κ2) is 4.45. The minimum absolute atomic E-state index is 0.186. The second-order valence-corrected chi connectivity index (χ2v) is 4.27. The van der Waals surface area contributed by atoms with Gasteiger partial charge in [0.1, 0.15) is 0 Å². The lowest BCUT2D eigenvalue weighted by molar-refractivity contribution is -0.124. The van der Waals surface area contributed by atoms with E-state index in [1.54, 1.807) is 6.08 Å². The maximum atomic E-state index is 11.9. The third-order valence-electron chi connectivity index (χ3n) is 2.42. The third kappa shape index (κ3) is 2.25. The van der Waals surface area contributed by atoms with Gasteiger partial charge in [0.25, 0.3) is 0 Å². The molecule has 1 amide bonds. The van der Waals surface area contributed by atoms with Gasteiger partial charge in [-0.1, -0.05) is 32.9 Å². The molecule has 1 heterocycles. The van der Waals surface area contributed by atoms with Gasteiger partial charge in [-0.15, -0.1) is 6.58 Å². The molecule has 0 saturated carbocycles. The first-order chi connectivity index (χ1) is 6.56. The highest BCUT2D eigenvalue weighted by atomic mass is 16.2. The summed E-state index contributed by atoms with van der Waals surface area (Å²) in [5.74, 6) is 0.996. The van der Waals surface area contributed by atoms with E-state index >= 15 is 0 Å². The van der Waals surface area contributed by atoms with Crippen LogP contribution in [0.5, 0.6) is 0 Å². The van der Waals surface area contributed by atoms with Gasteiger partial charge in [0.2, 0.25) is 5.91 Å². The van der Waals surface area contributed by atoms with Crippen molar-refractivity contribution in [2.75, 3.05) is 13.1 Å². The number of allylic oxidation sites excluding steroid dienone is 1. The molecule has 2 heteroatoms. The van der Waals surface area contributed by atoms with Crippen molar-refractivity contribution in [3.63, 3.8) is 0 Å². The largest absolute Gasteiger partial charge is 0.335 e. The van der Waals surface area contributed by atoms with Crippen molar-refractivity contribution in [1.29, 1.82) is 0 Å². The lowest BCUT2D eigenvalue weighted by atomic mass is 10.0. The number of hydrogen-bond acceptors (Lipinski definition) is 1. The highest BCUT2D eigenvalue weighted by Gasteiger charge is 2.30. The summed E-state index contributed by atoms with van der Waals surface area (Å²) < 4.78 is 0. The molecule has 1 aliphatic rings. The van der Waals surface area contributed by atoms with Crippen molar-refractivity contribution < 1.29 is 4.79 Å². The van der Waals surface area contributed by atoms with E-state index in [0.717, 1.165) is 12.1 Å². The van der Waals surface area contributed by atoms with Crippen molar-refractivity contribution in [3.8, 4) is 0 Å². The van der Waals surface area contributed by atoms with Crippen LogP contribution in [-0.4, -0.2) is 23.9 Å². The maximum Gasteiger partial charge on any atom is 0.250 e. The summed E-state index contributed by atoms with van der Waals surface area (Å²) in [5.41, 5.74) is 0.974. The van der Waals surface area contributed by atoms with Gasteiger partial charge in [0, 0.05) is 24.6 Å². The molecule has 1 fully saturated rings. The molecule has 1 aliphatic heterocycles. The standard InChI is InChI=1S/C12H19NO/c1-5-6-13-8-10(4)11(12(13)14)7-9(2)3/h5,7,9-10H,1,6,8H2,2-4H3/b11-7+. The highest BCUT2D eigenvalue weighted by molar-refractivity contribution is 5.96.